The van der Waals surface area contributed by atoms with Gasteiger partial charge >= 0.3 is 5.97 Å². The first-order valence-corrected chi connectivity index (χ1v) is 6.38. The van der Waals surface area contributed by atoms with E-state index in [2.05, 4.69) is 27.7 Å². The summed E-state index contributed by atoms with van der Waals surface area (Å²) in [7, 11) is 0. The van der Waals surface area contributed by atoms with E-state index in [4.69, 9.17) is 10.5 Å². The number of thiocarbonyl (C=S) groups is 1. The Morgan fingerprint density at radius 3 is 2.67 bits per heavy atom. The van der Waals surface area contributed by atoms with Gasteiger partial charge in [-0.2, -0.15) is 5.10 Å². The summed E-state index contributed by atoms with van der Waals surface area (Å²) in [4.78, 5) is 15.7. The summed E-state index contributed by atoms with van der Waals surface area (Å²) in [5.41, 5.74) is 8.74. The van der Waals surface area contributed by atoms with Gasteiger partial charge in [-0.25, -0.2) is 9.78 Å². The highest BCUT2D eigenvalue weighted by Crippen LogP contribution is 2.12. The number of carbonyl (C=O) groups excluding carboxylic acids is 1. The second kappa shape index (κ2) is 7.11. The molecule has 7 heteroatoms. The van der Waals surface area contributed by atoms with Gasteiger partial charge in [-0.05, 0) is 54.2 Å². The van der Waals surface area contributed by atoms with Crippen LogP contribution in [0.4, 0.5) is 0 Å². The minimum atomic E-state index is -0.507. The minimum Gasteiger partial charge on any atom is -0.422 e. The van der Waals surface area contributed by atoms with Crippen LogP contribution in [0.3, 0.4) is 0 Å². The third-order valence-electron chi connectivity index (χ3n) is 2.35. The molecular formula is C14H12N4O2S. The first-order chi connectivity index (χ1) is 10.1. The smallest absolute Gasteiger partial charge is 0.362 e. The van der Waals surface area contributed by atoms with Gasteiger partial charge in [-0.3, -0.25) is 5.43 Å². The molecule has 0 amide bonds. The van der Waals surface area contributed by atoms with Crippen LogP contribution in [0.5, 0.6) is 5.75 Å². The molecule has 2 aromatic rings. The topological polar surface area (TPSA) is 89.6 Å². The summed E-state index contributed by atoms with van der Waals surface area (Å²) in [5, 5.41) is 3.91. The fourth-order valence-corrected chi connectivity index (χ4v) is 1.49. The lowest BCUT2D eigenvalue weighted by Crippen LogP contribution is -2.23. The van der Waals surface area contributed by atoms with E-state index in [-0.39, 0.29) is 10.8 Å². The van der Waals surface area contributed by atoms with Gasteiger partial charge in [-0.1, -0.05) is 6.07 Å². The van der Waals surface area contributed by atoms with Crippen molar-refractivity contribution in [2.75, 3.05) is 0 Å². The second-order valence-corrected chi connectivity index (χ2v) is 4.35. The summed E-state index contributed by atoms with van der Waals surface area (Å²) in [5.74, 6) is -0.0859. The number of pyridine rings is 1. The number of ether oxygens (including phenoxy) is 1. The number of nitrogens with zero attached hydrogens (tertiary/aromatic N) is 2. The van der Waals surface area contributed by atoms with Crippen molar-refractivity contribution in [1.29, 1.82) is 0 Å². The maximum absolute atomic E-state index is 11.8. The van der Waals surface area contributed by atoms with E-state index in [1.54, 1.807) is 48.7 Å². The maximum atomic E-state index is 11.8. The first-order valence-electron chi connectivity index (χ1n) is 5.97. The van der Waals surface area contributed by atoms with Crippen LogP contribution in [0.2, 0.25) is 0 Å². The van der Waals surface area contributed by atoms with Crippen LogP contribution in [0, 0.1) is 0 Å². The fraction of sp³-hybridized carbons (Fsp3) is 0. The average Bonchev–Trinajstić information content (AvgIpc) is 2.49. The minimum absolute atomic E-state index is 0.0900. The van der Waals surface area contributed by atoms with E-state index in [9.17, 15) is 4.79 Å². The van der Waals surface area contributed by atoms with Gasteiger partial charge in [0.25, 0.3) is 0 Å². The number of hydrazone groups is 1. The maximum Gasteiger partial charge on any atom is 0.362 e. The highest BCUT2D eigenvalue weighted by molar-refractivity contribution is 7.80. The molecule has 6 nitrogen and oxygen atoms in total. The van der Waals surface area contributed by atoms with E-state index >= 15 is 0 Å². The first kappa shape index (κ1) is 14.6. The lowest BCUT2D eigenvalue weighted by molar-refractivity contribution is 0.0728. The summed E-state index contributed by atoms with van der Waals surface area (Å²) in [6.07, 6.45) is 3.08. The predicted octanol–water partition coefficient (Wildman–Crippen LogP) is 1.47. The van der Waals surface area contributed by atoms with Gasteiger partial charge < -0.3 is 10.5 Å². The molecule has 2 rings (SSSR count). The highest BCUT2D eigenvalue weighted by atomic mass is 32.1. The zero-order chi connectivity index (χ0) is 15.1. The van der Waals surface area contributed by atoms with Crippen LogP contribution in [-0.4, -0.2) is 22.3 Å². The lowest BCUT2D eigenvalue weighted by Gasteiger charge is -2.03. The number of carbonyl (C=O) groups is 1. The molecule has 0 saturated carbocycles. The van der Waals surface area contributed by atoms with Crippen molar-refractivity contribution in [1.82, 2.24) is 10.4 Å². The Kier molecular flexibility index (Phi) is 4.94. The number of hydrogen-bond acceptors (Lipinski definition) is 5. The molecule has 106 valence electrons. The molecular weight excluding hydrogens is 288 g/mol. The average molecular weight is 300 g/mol. The summed E-state index contributed by atoms with van der Waals surface area (Å²) < 4.78 is 5.20. The number of nitrogens with two attached hydrogens (primary N) is 1. The molecule has 0 bridgehead atoms. The van der Waals surface area contributed by atoms with Gasteiger partial charge in [0.15, 0.2) is 5.11 Å². The molecule has 0 unspecified atom stereocenters. The summed E-state index contributed by atoms with van der Waals surface area (Å²) >= 11 is 4.62. The standard InChI is InChI=1S/C14H12N4O2S/c15-14(21)18-17-9-10-4-6-11(7-5-10)20-13(19)12-3-1-2-8-16-12/h1-9H,(H3,15,18,21)/b17-9-. The van der Waals surface area contributed by atoms with Crippen LogP contribution >= 0.6 is 12.2 Å². The highest BCUT2D eigenvalue weighted by Gasteiger charge is 2.08. The third kappa shape index (κ3) is 4.66. The van der Waals surface area contributed by atoms with Crippen LogP contribution in [0.1, 0.15) is 16.1 Å². The van der Waals surface area contributed by atoms with E-state index in [1.165, 1.54) is 6.20 Å². The van der Waals surface area contributed by atoms with Crippen molar-refractivity contribution in [3.05, 3.63) is 59.9 Å². The van der Waals surface area contributed by atoms with Crippen molar-refractivity contribution < 1.29 is 9.53 Å². The summed E-state index contributed by atoms with van der Waals surface area (Å²) in [6, 6.07) is 11.8. The molecule has 3 N–H and O–H groups in total. The van der Waals surface area contributed by atoms with Crippen LogP contribution < -0.4 is 15.9 Å². The predicted molar refractivity (Wildman–Crippen MR) is 83.2 cm³/mol. The van der Waals surface area contributed by atoms with E-state index in [1.807, 2.05) is 0 Å². The van der Waals surface area contributed by atoms with Gasteiger partial charge in [0.2, 0.25) is 0 Å². The summed E-state index contributed by atoms with van der Waals surface area (Å²) in [6.45, 7) is 0. The van der Waals surface area contributed by atoms with Crippen LogP contribution in [0.25, 0.3) is 0 Å². The number of aromatic nitrogens is 1. The SMILES string of the molecule is NC(=S)N/N=C\c1ccc(OC(=O)c2ccccn2)cc1. The zero-order valence-electron chi connectivity index (χ0n) is 10.9. The quantitative estimate of drug-likeness (QED) is 0.292. The van der Waals surface area contributed by atoms with Crippen molar-refractivity contribution in [3.8, 4) is 5.75 Å². The molecule has 1 aromatic carbocycles. The monoisotopic (exact) mass is 300 g/mol. The Morgan fingerprint density at radius 2 is 2.05 bits per heavy atom. The third-order valence-corrected chi connectivity index (χ3v) is 2.44. The van der Waals surface area contributed by atoms with Gasteiger partial charge in [0, 0.05) is 6.20 Å². The van der Waals surface area contributed by atoms with Crippen LogP contribution in [-0.2, 0) is 0 Å². The van der Waals surface area contributed by atoms with Gasteiger partial charge in [0.05, 0.1) is 6.21 Å². The molecule has 0 aliphatic rings. The molecule has 0 fully saturated rings. The normalized spacial score (nSPS) is 10.3. The van der Waals surface area contributed by atoms with Crippen molar-refractivity contribution in [2.24, 2.45) is 10.8 Å². The number of benzene rings is 1. The number of esters is 1. The molecule has 0 saturated heterocycles. The van der Waals surface area contributed by atoms with E-state index in [0.717, 1.165) is 5.56 Å². The largest absolute Gasteiger partial charge is 0.422 e. The molecule has 21 heavy (non-hydrogen) atoms. The Morgan fingerprint density at radius 1 is 1.29 bits per heavy atom. The van der Waals surface area contributed by atoms with Gasteiger partial charge in [0.1, 0.15) is 11.4 Å². The number of hydrogen-bond donors (Lipinski definition) is 2. The Bertz CT molecular complexity index is 656. The van der Waals surface area contributed by atoms with Crippen molar-refractivity contribution in [3.63, 3.8) is 0 Å². The Hall–Kier alpha value is -2.80. The molecule has 0 spiro atoms. The molecule has 0 atom stereocenters. The molecule has 1 aromatic heterocycles. The number of rotatable bonds is 4. The van der Waals surface area contributed by atoms with Crippen molar-refractivity contribution >= 4 is 29.5 Å². The van der Waals surface area contributed by atoms with Crippen molar-refractivity contribution in [2.45, 2.75) is 0 Å². The van der Waals surface area contributed by atoms with E-state index in [0.29, 0.717) is 5.75 Å². The molecule has 1 heterocycles. The number of nitrogens with one attached hydrogen (secondary N) is 1. The fourth-order valence-electron chi connectivity index (χ4n) is 1.44. The molecule has 0 aliphatic heterocycles. The molecule has 0 aliphatic carbocycles. The molecule has 0 radical (unpaired) electrons. The second-order valence-electron chi connectivity index (χ2n) is 3.91. The zero-order valence-corrected chi connectivity index (χ0v) is 11.7. The lowest BCUT2D eigenvalue weighted by atomic mass is 10.2. The Labute approximate surface area is 126 Å². The van der Waals surface area contributed by atoms with E-state index < -0.39 is 5.97 Å². The van der Waals surface area contributed by atoms with Gasteiger partial charge in [-0.15, -0.1) is 0 Å². The Balaban J connectivity index is 1.98. The van der Waals surface area contributed by atoms with Crippen LogP contribution in [0.15, 0.2) is 53.8 Å².